The fourth-order valence-corrected chi connectivity index (χ4v) is 3.62. The third kappa shape index (κ3) is 4.68. The predicted molar refractivity (Wildman–Crippen MR) is 109 cm³/mol. The number of amides is 1. The Morgan fingerprint density at radius 3 is 2.06 bits per heavy atom. The van der Waals surface area contributed by atoms with Gasteiger partial charge in [0.15, 0.2) is 5.75 Å². The summed E-state index contributed by atoms with van der Waals surface area (Å²) in [5.74, 6) is -1.10. The number of ether oxygens (including phenoxy) is 3. The van der Waals surface area contributed by atoms with Crippen LogP contribution in [0.3, 0.4) is 0 Å². The Hall–Kier alpha value is -3.42. The summed E-state index contributed by atoms with van der Waals surface area (Å²) in [5, 5.41) is 14.1. The van der Waals surface area contributed by atoms with Crippen molar-refractivity contribution in [1.82, 2.24) is 4.47 Å². The van der Waals surface area contributed by atoms with Crippen LogP contribution in [0.2, 0.25) is 0 Å². The summed E-state index contributed by atoms with van der Waals surface area (Å²) >= 11 is 0. The summed E-state index contributed by atoms with van der Waals surface area (Å²) in [6.07, 6.45) is 0. The molecule has 0 aliphatic heterocycles. The smallest absolute Gasteiger partial charge is 0.327 e. The third-order valence-corrected chi connectivity index (χ3v) is 5.93. The van der Waals surface area contributed by atoms with Crippen molar-refractivity contribution in [3.8, 4) is 17.2 Å². The maximum absolute atomic E-state index is 12.8. The Morgan fingerprint density at radius 2 is 1.61 bits per heavy atom. The number of nitrogens with one attached hydrogen (secondary N) is 1. The molecule has 0 atom stereocenters. The van der Waals surface area contributed by atoms with E-state index in [0.29, 0.717) is 4.47 Å². The second-order valence-electron chi connectivity index (χ2n) is 5.87. The van der Waals surface area contributed by atoms with Crippen LogP contribution in [0.1, 0.15) is 10.4 Å². The van der Waals surface area contributed by atoms with Crippen molar-refractivity contribution < 1.29 is 37.2 Å². The number of carbonyl (C=O) groups excluding carboxylic acids is 1. The molecule has 1 amide bonds. The van der Waals surface area contributed by atoms with Crippen LogP contribution < -0.4 is 19.5 Å². The Balaban J connectivity index is 2.45. The highest BCUT2D eigenvalue weighted by Gasteiger charge is 2.32. The number of nitrogens with zero attached hydrogens (tertiary/aromatic N) is 2. The highest BCUT2D eigenvalue weighted by atomic mass is 32.2. The number of nitro groups is 1. The van der Waals surface area contributed by atoms with Gasteiger partial charge in [0.2, 0.25) is 11.5 Å². The van der Waals surface area contributed by atoms with Crippen molar-refractivity contribution in [3.05, 3.63) is 46.0 Å². The molecule has 2 aromatic rings. The van der Waals surface area contributed by atoms with Gasteiger partial charge in [-0.3, -0.25) is 19.7 Å². The van der Waals surface area contributed by atoms with Gasteiger partial charge < -0.3 is 19.5 Å². The molecular weight excluding hydrogens is 434 g/mol. The molecule has 0 saturated carbocycles. The fraction of sp³-hybridized carbons (Fsp3) is 0.278. The van der Waals surface area contributed by atoms with E-state index in [0.717, 1.165) is 6.07 Å². The zero-order valence-electron chi connectivity index (χ0n) is 17.4. The topological polar surface area (TPSA) is 147 Å². The molecule has 0 heterocycles. The molecule has 168 valence electrons. The van der Waals surface area contributed by atoms with Crippen molar-refractivity contribution in [3.63, 3.8) is 0 Å². The minimum absolute atomic E-state index is 0.0370. The lowest BCUT2D eigenvalue weighted by molar-refractivity contribution is -0.386. The molecule has 0 aliphatic carbocycles. The first-order chi connectivity index (χ1) is 14.6. The molecule has 31 heavy (non-hydrogen) atoms. The summed E-state index contributed by atoms with van der Waals surface area (Å²) in [5.41, 5.74) is -0.749. The van der Waals surface area contributed by atoms with Crippen LogP contribution in [-0.4, -0.2) is 59.2 Å². The van der Waals surface area contributed by atoms with Gasteiger partial charge in [-0.15, -0.1) is 0 Å². The van der Waals surface area contributed by atoms with E-state index in [1.165, 1.54) is 59.8 Å². The number of methoxy groups -OCH3 is 3. The molecule has 0 saturated heterocycles. The van der Waals surface area contributed by atoms with Gasteiger partial charge in [-0.2, -0.15) is 0 Å². The summed E-state index contributed by atoms with van der Waals surface area (Å²) in [6.45, 7) is 0. The molecule has 0 aliphatic rings. The van der Waals surface area contributed by atoms with Gasteiger partial charge in [0.25, 0.3) is 15.9 Å². The first-order valence-electron chi connectivity index (χ1n) is 8.54. The molecular formula is C18H21N3O9S. The highest BCUT2D eigenvalue weighted by molar-refractivity contribution is 7.89. The minimum Gasteiger partial charge on any atom is -0.493 e. The first-order valence-corrected chi connectivity index (χ1v) is 9.98. The lowest BCUT2D eigenvalue weighted by atomic mass is 10.1. The average Bonchev–Trinajstić information content (AvgIpc) is 2.76. The zero-order valence-corrected chi connectivity index (χ0v) is 18.2. The standard InChI is InChI=1S/C18H21N3O9S/c1-20(30-5)31(25,26)12-8-6-11(7-9-12)19-18(22)13-10-14(27-2)16(28-3)17(29-4)15(13)21(23)24/h6-10H,1-5H3,(H,19,22). The van der Waals surface area contributed by atoms with Gasteiger partial charge >= 0.3 is 5.69 Å². The van der Waals surface area contributed by atoms with Crippen LogP contribution >= 0.6 is 0 Å². The van der Waals surface area contributed by atoms with Crippen LogP contribution in [0, 0.1) is 10.1 Å². The van der Waals surface area contributed by atoms with Gasteiger partial charge in [-0.05, 0) is 24.3 Å². The number of benzene rings is 2. The maximum atomic E-state index is 12.8. The summed E-state index contributed by atoms with van der Waals surface area (Å²) < 4.78 is 40.5. The summed E-state index contributed by atoms with van der Waals surface area (Å²) in [7, 11) is 2.35. The van der Waals surface area contributed by atoms with Crippen LogP contribution in [-0.2, 0) is 14.9 Å². The monoisotopic (exact) mass is 455 g/mol. The van der Waals surface area contributed by atoms with E-state index in [-0.39, 0.29) is 33.4 Å². The lowest BCUT2D eigenvalue weighted by Crippen LogP contribution is -2.25. The van der Waals surface area contributed by atoms with Gasteiger partial charge in [-0.1, -0.05) is 4.47 Å². The van der Waals surface area contributed by atoms with E-state index < -0.39 is 26.5 Å². The molecule has 0 radical (unpaired) electrons. The van der Waals surface area contributed by atoms with Crippen LogP contribution in [0.25, 0.3) is 0 Å². The SMILES string of the molecule is COc1cc(C(=O)Nc2ccc(S(=O)(=O)N(C)OC)cc2)c([N+](=O)[O-])c(OC)c1OC. The molecule has 0 unspecified atom stereocenters. The van der Waals surface area contributed by atoms with Crippen LogP contribution in [0.15, 0.2) is 35.2 Å². The van der Waals surface area contributed by atoms with Crippen molar-refractivity contribution in [1.29, 1.82) is 0 Å². The quantitative estimate of drug-likeness (QED) is 0.443. The molecule has 0 aromatic heterocycles. The largest absolute Gasteiger partial charge is 0.493 e. The predicted octanol–water partition coefficient (Wildman–Crippen LogP) is 2.05. The number of nitro benzene ring substituents is 1. The van der Waals surface area contributed by atoms with Crippen LogP contribution in [0.4, 0.5) is 11.4 Å². The van der Waals surface area contributed by atoms with Crippen molar-refractivity contribution in [2.24, 2.45) is 0 Å². The number of rotatable bonds is 9. The number of carbonyl (C=O) groups is 1. The normalized spacial score (nSPS) is 11.2. The Kier molecular flexibility index (Phi) is 7.38. The molecule has 0 bridgehead atoms. The van der Waals surface area contributed by atoms with E-state index in [9.17, 15) is 23.3 Å². The number of hydroxylamine groups is 1. The Bertz CT molecular complexity index is 1090. The highest BCUT2D eigenvalue weighted by Crippen LogP contribution is 2.46. The Morgan fingerprint density at radius 1 is 1.03 bits per heavy atom. The number of anilines is 1. The Labute approximate surface area is 178 Å². The maximum Gasteiger partial charge on any atom is 0.327 e. The minimum atomic E-state index is -3.87. The van der Waals surface area contributed by atoms with E-state index in [1.54, 1.807) is 0 Å². The van der Waals surface area contributed by atoms with Gasteiger partial charge in [0.1, 0.15) is 5.56 Å². The van der Waals surface area contributed by atoms with Gasteiger partial charge in [-0.25, -0.2) is 8.42 Å². The van der Waals surface area contributed by atoms with E-state index in [1.807, 2.05) is 0 Å². The molecule has 13 heteroatoms. The summed E-state index contributed by atoms with van der Waals surface area (Å²) in [6, 6.07) is 6.32. The molecule has 0 spiro atoms. The average molecular weight is 455 g/mol. The third-order valence-electron chi connectivity index (χ3n) is 4.24. The van der Waals surface area contributed by atoms with E-state index in [2.05, 4.69) is 5.32 Å². The van der Waals surface area contributed by atoms with Crippen molar-refractivity contribution in [2.45, 2.75) is 4.90 Å². The van der Waals surface area contributed by atoms with Gasteiger partial charge in [0, 0.05) is 18.8 Å². The number of sulfonamides is 1. The fourth-order valence-electron chi connectivity index (χ4n) is 2.65. The second kappa shape index (κ2) is 9.59. The van der Waals surface area contributed by atoms with E-state index in [4.69, 9.17) is 19.0 Å². The molecule has 2 rings (SSSR count). The van der Waals surface area contributed by atoms with Crippen molar-refractivity contribution >= 4 is 27.3 Å². The molecule has 12 nitrogen and oxygen atoms in total. The van der Waals surface area contributed by atoms with Gasteiger partial charge in [0.05, 0.1) is 38.3 Å². The zero-order chi connectivity index (χ0) is 23.3. The molecule has 0 fully saturated rings. The molecule has 1 N–H and O–H groups in total. The van der Waals surface area contributed by atoms with E-state index >= 15 is 0 Å². The molecule has 2 aromatic carbocycles. The second-order valence-corrected chi connectivity index (χ2v) is 7.81. The summed E-state index contributed by atoms with van der Waals surface area (Å²) in [4.78, 5) is 28.3. The van der Waals surface area contributed by atoms with Crippen molar-refractivity contribution in [2.75, 3.05) is 40.8 Å². The number of hydrogen-bond acceptors (Lipinski definition) is 9. The first kappa shape index (κ1) is 23.9. The number of hydrogen-bond donors (Lipinski definition) is 1. The van der Waals surface area contributed by atoms with Crippen LogP contribution in [0.5, 0.6) is 17.2 Å². The lowest BCUT2D eigenvalue weighted by Gasteiger charge is -2.15.